The highest BCUT2D eigenvalue weighted by molar-refractivity contribution is 6.35. The average Bonchev–Trinajstić information content (AvgIpc) is 2.83. The molecule has 0 aliphatic heterocycles. The van der Waals surface area contributed by atoms with E-state index in [1.54, 1.807) is 43.3 Å². The van der Waals surface area contributed by atoms with Gasteiger partial charge in [0.2, 0.25) is 5.78 Å². The quantitative estimate of drug-likeness (QED) is 0.754. The molecule has 3 aromatic rings. The summed E-state index contributed by atoms with van der Waals surface area (Å²) >= 11 is 6.06. The number of aromatic nitrogens is 2. The minimum Gasteiger partial charge on any atom is -0.295 e. The van der Waals surface area contributed by atoms with Crippen molar-refractivity contribution in [2.45, 2.75) is 6.92 Å². The maximum Gasteiger partial charge on any atom is 0.282 e. The third kappa shape index (κ3) is 2.38. The Hall–Kier alpha value is -2.59. The predicted octanol–water partition coefficient (Wildman–Crippen LogP) is 3.36. The zero-order valence-electron chi connectivity index (χ0n) is 11.8. The first-order valence-corrected chi connectivity index (χ1v) is 7.13. The molecule has 5 heteroatoms. The Kier molecular flexibility index (Phi) is 3.69. The Bertz CT molecular complexity index is 895. The fourth-order valence-corrected chi connectivity index (χ4v) is 2.57. The number of halogens is 1. The zero-order valence-corrected chi connectivity index (χ0v) is 12.6. The van der Waals surface area contributed by atoms with Gasteiger partial charge >= 0.3 is 0 Å². The number of hydrogen-bond acceptors (Lipinski definition) is 2. The summed E-state index contributed by atoms with van der Waals surface area (Å²) in [6.07, 6.45) is 0. The molecule has 0 saturated carbocycles. The second-order valence-corrected chi connectivity index (χ2v) is 5.30. The highest BCUT2D eigenvalue weighted by atomic mass is 35.5. The molecule has 1 heterocycles. The molecule has 0 saturated heterocycles. The number of benzene rings is 2. The van der Waals surface area contributed by atoms with Gasteiger partial charge in [0, 0.05) is 11.3 Å². The predicted molar refractivity (Wildman–Crippen MR) is 86.0 cm³/mol. The molecule has 0 aliphatic rings. The van der Waals surface area contributed by atoms with Crippen LogP contribution >= 0.6 is 11.6 Å². The van der Waals surface area contributed by atoms with Crippen LogP contribution in [0.1, 0.15) is 21.6 Å². The van der Waals surface area contributed by atoms with Crippen LogP contribution in [-0.2, 0) is 0 Å². The van der Waals surface area contributed by atoms with Crippen molar-refractivity contribution in [3.63, 3.8) is 0 Å². The van der Waals surface area contributed by atoms with E-state index in [2.05, 4.69) is 5.10 Å². The van der Waals surface area contributed by atoms with E-state index in [0.717, 1.165) is 0 Å². The lowest BCUT2D eigenvalue weighted by atomic mass is 10.0. The zero-order chi connectivity index (χ0) is 15.7. The Balaban J connectivity index is 2.14. The number of nitrogens with one attached hydrogen (secondary N) is 1. The number of nitrogens with zero attached hydrogens (tertiary/aromatic N) is 1. The minimum absolute atomic E-state index is 0.108. The van der Waals surface area contributed by atoms with Gasteiger partial charge in [-0.25, -0.2) is 4.68 Å². The van der Waals surface area contributed by atoms with Crippen molar-refractivity contribution >= 4 is 17.4 Å². The van der Waals surface area contributed by atoms with Crippen molar-refractivity contribution in [3.8, 4) is 5.69 Å². The molecule has 0 aliphatic carbocycles. The van der Waals surface area contributed by atoms with E-state index in [-0.39, 0.29) is 16.9 Å². The maximum absolute atomic E-state index is 12.6. The van der Waals surface area contributed by atoms with Crippen molar-refractivity contribution in [2.24, 2.45) is 0 Å². The second-order valence-electron chi connectivity index (χ2n) is 4.90. The van der Waals surface area contributed by atoms with Crippen LogP contribution in [0, 0.1) is 6.92 Å². The molecule has 0 amide bonds. The van der Waals surface area contributed by atoms with Crippen LogP contribution in [-0.4, -0.2) is 15.6 Å². The standard InChI is InChI=1S/C17H13ClN2O2/c1-11-15(16(21)13-9-5-6-10-14(13)18)17(22)20(19-11)12-7-3-2-4-8-12/h2-10,19H,1H3. The Morgan fingerprint density at radius 1 is 1.05 bits per heavy atom. The van der Waals surface area contributed by atoms with Gasteiger partial charge in [-0.2, -0.15) is 0 Å². The monoisotopic (exact) mass is 312 g/mol. The van der Waals surface area contributed by atoms with Gasteiger partial charge < -0.3 is 0 Å². The fraction of sp³-hybridized carbons (Fsp3) is 0.0588. The molecular formula is C17H13ClN2O2. The number of aromatic amines is 1. The summed E-state index contributed by atoms with van der Waals surface area (Å²) in [4.78, 5) is 25.2. The van der Waals surface area contributed by atoms with Crippen LogP contribution in [0.15, 0.2) is 59.4 Å². The van der Waals surface area contributed by atoms with Crippen molar-refractivity contribution in [1.29, 1.82) is 0 Å². The summed E-state index contributed by atoms with van der Waals surface area (Å²) < 4.78 is 1.36. The smallest absolute Gasteiger partial charge is 0.282 e. The van der Waals surface area contributed by atoms with Crippen LogP contribution in [0.25, 0.3) is 5.69 Å². The molecule has 0 spiro atoms. The van der Waals surface area contributed by atoms with E-state index in [4.69, 9.17) is 11.6 Å². The third-order valence-corrected chi connectivity index (χ3v) is 3.76. The average molecular weight is 313 g/mol. The number of carbonyl (C=O) groups is 1. The SMILES string of the molecule is Cc1[nH]n(-c2ccccc2)c(=O)c1C(=O)c1ccccc1Cl. The Morgan fingerprint density at radius 3 is 2.36 bits per heavy atom. The molecule has 0 radical (unpaired) electrons. The molecule has 22 heavy (non-hydrogen) atoms. The normalized spacial score (nSPS) is 10.6. The summed E-state index contributed by atoms with van der Waals surface area (Å²) in [6, 6.07) is 15.8. The molecule has 110 valence electrons. The van der Waals surface area contributed by atoms with E-state index in [9.17, 15) is 9.59 Å². The fourth-order valence-electron chi connectivity index (χ4n) is 2.35. The largest absolute Gasteiger partial charge is 0.295 e. The van der Waals surface area contributed by atoms with Crippen LogP contribution in [0.2, 0.25) is 5.02 Å². The van der Waals surface area contributed by atoms with Crippen LogP contribution in [0.3, 0.4) is 0 Å². The van der Waals surface area contributed by atoms with Gasteiger partial charge in [0.25, 0.3) is 5.56 Å². The number of carbonyl (C=O) groups excluding carboxylic acids is 1. The van der Waals surface area contributed by atoms with Crippen molar-refractivity contribution in [3.05, 3.63) is 86.8 Å². The molecule has 0 bridgehead atoms. The Labute approximate surface area is 132 Å². The molecule has 1 aromatic heterocycles. The molecule has 0 unspecified atom stereocenters. The number of aryl methyl sites for hydroxylation is 1. The number of para-hydroxylation sites is 1. The first-order valence-electron chi connectivity index (χ1n) is 6.76. The number of rotatable bonds is 3. The lowest BCUT2D eigenvalue weighted by Gasteiger charge is -2.01. The van der Waals surface area contributed by atoms with Crippen LogP contribution < -0.4 is 5.56 Å². The van der Waals surface area contributed by atoms with Gasteiger partial charge in [-0.05, 0) is 31.2 Å². The summed E-state index contributed by atoms with van der Waals surface area (Å²) in [6.45, 7) is 1.70. The van der Waals surface area contributed by atoms with Gasteiger partial charge in [-0.15, -0.1) is 0 Å². The van der Waals surface area contributed by atoms with E-state index < -0.39 is 0 Å². The summed E-state index contributed by atoms with van der Waals surface area (Å²) in [7, 11) is 0. The maximum atomic E-state index is 12.6. The molecule has 0 atom stereocenters. The topological polar surface area (TPSA) is 54.9 Å². The lowest BCUT2D eigenvalue weighted by Crippen LogP contribution is -2.21. The summed E-state index contributed by atoms with van der Waals surface area (Å²) in [5.41, 5.74) is 1.24. The van der Waals surface area contributed by atoms with E-state index in [1.807, 2.05) is 18.2 Å². The van der Waals surface area contributed by atoms with Crippen molar-refractivity contribution < 1.29 is 4.79 Å². The number of hydrogen-bond donors (Lipinski definition) is 1. The molecule has 0 fully saturated rings. The van der Waals surface area contributed by atoms with Gasteiger partial charge in [0.05, 0.1) is 10.7 Å². The van der Waals surface area contributed by atoms with E-state index in [0.29, 0.717) is 22.0 Å². The number of ketones is 1. The van der Waals surface area contributed by atoms with Crippen LogP contribution in [0.4, 0.5) is 0 Å². The van der Waals surface area contributed by atoms with Crippen molar-refractivity contribution in [1.82, 2.24) is 9.78 Å². The van der Waals surface area contributed by atoms with Gasteiger partial charge in [0.15, 0.2) is 0 Å². The molecule has 3 rings (SSSR count). The number of H-pyrrole nitrogens is 1. The highest BCUT2D eigenvalue weighted by Crippen LogP contribution is 2.19. The molecular weight excluding hydrogens is 300 g/mol. The lowest BCUT2D eigenvalue weighted by molar-refractivity contribution is 0.103. The highest BCUT2D eigenvalue weighted by Gasteiger charge is 2.22. The molecule has 2 aromatic carbocycles. The van der Waals surface area contributed by atoms with E-state index >= 15 is 0 Å². The van der Waals surface area contributed by atoms with Crippen molar-refractivity contribution in [2.75, 3.05) is 0 Å². The van der Waals surface area contributed by atoms with Crippen LogP contribution in [0.5, 0.6) is 0 Å². The first kappa shape index (κ1) is 14.4. The summed E-state index contributed by atoms with van der Waals surface area (Å²) in [5.74, 6) is -0.376. The van der Waals surface area contributed by atoms with Gasteiger partial charge in [-0.3, -0.25) is 14.7 Å². The molecule has 1 N–H and O–H groups in total. The first-order chi connectivity index (χ1) is 10.6. The van der Waals surface area contributed by atoms with Gasteiger partial charge in [-0.1, -0.05) is 41.9 Å². The minimum atomic E-state index is -0.381. The summed E-state index contributed by atoms with van der Waals surface area (Å²) in [5, 5.41) is 3.27. The second kappa shape index (κ2) is 5.66. The van der Waals surface area contributed by atoms with E-state index in [1.165, 1.54) is 4.68 Å². The Morgan fingerprint density at radius 2 is 1.68 bits per heavy atom. The van der Waals surface area contributed by atoms with Gasteiger partial charge in [0.1, 0.15) is 5.56 Å². The molecule has 4 nitrogen and oxygen atoms in total. The third-order valence-electron chi connectivity index (χ3n) is 3.43.